The zero-order valence-electron chi connectivity index (χ0n) is 24.3. The molecule has 218 valence electrons. The van der Waals surface area contributed by atoms with Crippen molar-refractivity contribution in [3.63, 3.8) is 0 Å². The van der Waals surface area contributed by atoms with Gasteiger partial charge in [0.2, 0.25) is 11.8 Å². The Morgan fingerprint density at radius 2 is 1.91 bits per heavy atom. The number of para-hydroxylation sites is 1. The van der Waals surface area contributed by atoms with E-state index < -0.39 is 11.1 Å². The molecular weight excluding hydrogens is 565 g/mol. The number of amides is 3. The number of ether oxygens (including phenoxy) is 1. The SMILES string of the molecule is [B]C([B])([B])NC(=O)c1nnc(NC(=O)C2CC2)cc1Nc1cccc(-c2ncc(CC(=O)NCCCN(C)C)s2)c1OC. The largest absolute Gasteiger partial charge is 0.494 e. The van der Waals surface area contributed by atoms with Crippen molar-refractivity contribution in [1.29, 1.82) is 0 Å². The van der Waals surface area contributed by atoms with Crippen LogP contribution in [0.2, 0.25) is 0 Å². The molecule has 1 aromatic carbocycles. The Hall–Kier alpha value is -3.91. The average Bonchev–Trinajstić information content (AvgIpc) is 3.69. The molecule has 1 saturated carbocycles. The normalized spacial score (nSPS) is 12.9. The van der Waals surface area contributed by atoms with Crippen LogP contribution in [-0.2, 0) is 16.0 Å². The Balaban J connectivity index is 1.57. The van der Waals surface area contributed by atoms with Crippen molar-refractivity contribution in [2.75, 3.05) is 44.9 Å². The van der Waals surface area contributed by atoms with E-state index in [0.717, 1.165) is 30.7 Å². The van der Waals surface area contributed by atoms with Crippen molar-refractivity contribution < 1.29 is 19.1 Å². The van der Waals surface area contributed by atoms with Crippen molar-refractivity contribution in [2.45, 2.75) is 30.9 Å². The molecule has 0 saturated heterocycles. The van der Waals surface area contributed by atoms with Crippen LogP contribution in [0.1, 0.15) is 34.6 Å². The highest BCUT2D eigenvalue weighted by atomic mass is 32.1. The topological polar surface area (TPSA) is 150 Å². The van der Waals surface area contributed by atoms with E-state index in [9.17, 15) is 14.4 Å². The van der Waals surface area contributed by atoms with E-state index in [1.165, 1.54) is 24.5 Å². The van der Waals surface area contributed by atoms with Crippen LogP contribution in [0, 0.1) is 5.92 Å². The molecule has 0 aliphatic heterocycles. The predicted octanol–water partition coefficient (Wildman–Crippen LogP) is 1.16. The minimum Gasteiger partial charge on any atom is -0.494 e. The second-order valence-electron chi connectivity index (χ2n) is 10.5. The lowest BCUT2D eigenvalue weighted by molar-refractivity contribution is -0.120. The van der Waals surface area contributed by atoms with E-state index in [0.29, 0.717) is 28.6 Å². The van der Waals surface area contributed by atoms with Crippen molar-refractivity contribution >= 4 is 69.8 Å². The van der Waals surface area contributed by atoms with Gasteiger partial charge in [0.05, 0.1) is 54.0 Å². The second-order valence-corrected chi connectivity index (χ2v) is 11.6. The van der Waals surface area contributed by atoms with Gasteiger partial charge in [0.1, 0.15) is 5.01 Å². The van der Waals surface area contributed by atoms with Crippen LogP contribution in [0.5, 0.6) is 5.75 Å². The number of thiazole rings is 1. The molecule has 0 unspecified atom stereocenters. The van der Waals surface area contributed by atoms with Gasteiger partial charge in [-0.3, -0.25) is 14.4 Å². The van der Waals surface area contributed by atoms with Crippen LogP contribution in [-0.4, -0.2) is 101 Å². The molecule has 3 amide bonds. The summed E-state index contributed by atoms with van der Waals surface area (Å²) in [6.07, 6.45) is 4.35. The molecule has 1 aliphatic rings. The number of carbonyl (C=O) groups is 3. The number of nitrogens with one attached hydrogen (secondary N) is 4. The molecule has 0 bridgehead atoms. The summed E-state index contributed by atoms with van der Waals surface area (Å²) in [5, 5.41) is 17.6. The van der Waals surface area contributed by atoms with Crippen molar-refractivity contribution in [1.82, 2.24) is 30.7 Å². The molecule has 0 atom stereocenters. The first-order valence-electron chi connectivity index (χ1n) is 13.6. The summed E-state index contributed by atoms with van der Waals surface area (Å²) in [7, 11) is 22.2. The monoisotopic (exact) mass is 596 g/mol. The predicted molar refractivity (Wildman–Crippen MR) is 168 cm³/mol. The summed E-state index contributed by atoms with van der Waals surface area (Å²) < 4.78 is 5.75. The van der Waals surface area contributed by atoms with Crippen molar-refractivity contribution in [2.24, 2.45) is 5.92 Å². The summed E-state index contributed by atoms with van der Waals surface area (Å²) in [6, 6.07) is 6.83. The molecular formula is C27H31B3N8O4S. The van der Waals surface area contributed by atoms with Crippen LogP contribution in [0.4, 0.5) is 17.2 Å². The average molecular weight is 596 g/mol. The number of anilines is 3. The van der Waals surface area contributed by atoms with Gasteiger partial charge in [0.15, 0.2) is 17.3 Å². The third-order valence-corrected chi connectivity index (χ3v) is 7.28. The fraction of sp³-hybridized carbons (Fsp3) is 0.407. The third kappa shape index (κ3) is 9.29. The lowest BCUT2D eigenvalue weighted by Gasteiger charge is -2.23. The maximum Gasteiger partial charge on any atom is 0.272 e. The molecule has 43 heavy (non-hydrogen) atoms. The van der Waals surface area contributed by atoms with Gasteiger partial charge in [-0.05, 0) is 52.0 Å². The van der Waals surface area contributed by atoms with Crippen LogP contribution in [0.3, 0.4) is 0 Å². The van der Waals surface area contributed by atoms with E-state index >= 15 is 0 Å². The van der Waals surface area contributed by atoms with E-state index in [1.54, 1.807) is 18.3 Å². The number of aromatic nitrogens is 3. The first-order valence-corrected chi connectivity index (χ1v) is 14.4. The number of carbonyl (C=O) groups excluding carboxylic acids is 3. The lowest BCUT2D eigenvalue weighted by atomic mass is 9.49. The molecule has 2 aromatic heterocycles. The Labute approximate surface area is 258 Å². The molecule has 12 nitrogen and oxygen atoms in total. The first-order chi connectivity index (χ1) is 20.4. The first kappa shape index (κ1) is 32.0. The molecule has 4 rings (SSSR count). The van der Waals surface area contributed by atoms with Gasteiger partial charge in [0, 0.05) is 29.6 Å². The summed E-state index contributed by atoms with van der Waals surface area (Å²) >= 11 is 1.37. The molecule has 4 N–H and O–H groups in total. The number of hydrogen-bond donors (Lipinski definition) is 4. The molecule has 2 heterocycles. The van der Waals surface area contributed by atoms with Gasteiger partial charge >= 0.3 is 0 Å². The van der Waals surface area contributed by atoms with Gasteiger partial charge in [-0.25, -0.2) is 4.98 Å². The van der Waals surface area contributed by atoms with E-state index in [4.69, 9.17) is 28.3 Å². The zero-order valence-corrected chi connectivity index (χ0v) is 25.1. The smallest absolute Gasteiger partial charge is 0.272 e. The highest BCUT2D eigenvalue weighted by Crippen LogP contribution is 2.40. The number of nitrogens with zero attached hydrogens (tertiary/aromatic N) is 4. The minimum atomic E-state index is -2.00. The molecule has 6 radical (unpaired) electrons. The van der Waals surface area contributed by atoms with Crippen LogP contribution < -0.4 is 26.0 Å². The Morgan fingerprint density at radius 3 is 2.58 bits per heavy atom. The summed E-state index contributed by atoms with van der Waals surface area (Å²) in [4.78, 5) is 45.0. The van der Waals surface area contributed by atoms with Crippen molar-refractivity contribution in [3.8, 4) is 16.3 Å². The number of methoxy groups -OCH3 is 1. The van der Waals surface area contributed by atoms with Crippen LogP contribution >= 0.6 is 11.3 Å². The number of hydrogen-bond acceptors (Lipinski definition) is 10. The highest BCUT2D eigenvalue weighted by molar-refractivity contribution is 7.15. The van der Waals surface area contributed by atoms with Gasteiger partial charge in [-0.2, -0.15) is 0 Å². The minimum absolute atomic E-state index is 0.0670. The van der Waals surface area contributed by atoms with Gasteiger partial charge in [-0.1, -0.05) is 11.3 Å². The highest BCUT2D eigenvalue weighted by Gasteiger charge is 2.30. The van der Waals surface area contributed by atoms with E-state index in [-0.39, 0.29) is 41.4 Å². The van der Waals surface area contributed by atoms with E-state index in [1.807, 2.05) is 20.2 Å². The zero-order chi connectivity index (χ0) is 31.1. The van der Waals surface area contributed by atoms with E-state index in [2.05, 4.69) is 41.3 Å². The standard InChI is InChI=1S/C27H31B3N8O4S/c1-38(2)11-5-10-31-21(39)12-16-14-32-26(43-16)17-6-4-7-18(23(17)42-3)33-19-13-20(34-24(40)15-8-9-15)36-37-22(19)25(41)35-27(28,29)30/h4,6-7,13-15H,5,8-12H2,1-3H3,(H,31,39)(H,35,41)(H2,33,34,36,40). The van der Waals surface area contributed by atoms with Gasteiger partial charge in [0.25, 0.3) is 5.91 Å². The van der Waals surface area contributed by atoms with Gasteiger partial charge in [-0.15, -0.1) is 21.5 Å². The fourth-order valence-corrected chi connectivity index (χ4v) is 5.01. The summed E-state index contributed by atoms with van der Waals surface area (Å²) in [5.41, 5.74) is 1.14. The molecule has 0 spiro atoms. The molecule has 1 fully saturated rings. The van der Waals surface area contributed by atoms with Crippen LogP contribution in [0.25, 0.3) is 10.6 Å². The van der Waals surface area contributed by atoms with Crippen LogP contribution in [0.15, 0.2) is 30.5 Å². The second kappa shape index (κ2) is 14.0. The summed E-state index contributed by atoms with van der Waals surface area (Å²) in [6.45, 7) is 1.49. The third-order valence-electron chi connectivity index (χ3n) is 6.25. The number of rotatable bonds is 14. The molecule has 1 aliphatic carbocycles. The van der Waals surface area contributed by atoms with Gasteiger partial charge < -0.3 is 30.9 Å². The Kier molecular flexibility index (Phi) is 10.5. The Bertz CT molecular complexity index is 1480. The molecule has 3 aromatic rings. The Morgan fingerprint density at radius 1 is 1.14 bits per heavy atom. The fourth-order valence-electron chi connectivity index (χ4n) is 4.07. The lowest BCUT2D eigenvalue weighted by Crippen LogP contribution is -2.50. The van der Waals surface area contributed by atoms with Crippen molar-refractivity contribution in [3.05, 3.63) is 41.0 Å². The maximum atomic E-state index is 12.9. The quantitative estimate of drug-likeness (QED) is 0.159. The molecule has 16 heteroatoms. The maximum absolute atomic E-state index is 12.9. The number of benzene rings is 1. The summed E-state index contributed by atoms with van der Waals surface area (Å²) in [5.74, 6) is -0.536.